The van der Waals surface area contributed by atoms with Crippen molar-refractivity contribution in [3.05, 3.63) is 47.8 Å². The lowest BCUT2D eigenvalue weighted by molar-refractivity contribution is -0.150. The van der Waals surface area contributed by atoms with E-state index in [1.54, 1.807) is 20.8 Å². The molecule has 0 spiro atoms. The van der Waals surface area contributed by atoms with Crippen molar-refractivity contribution >= 4 is 18.0 Å². The third-order valence-electron chi connectivity index (χ3n) is 4.82. The van der Waals surface area contributed by atoms with E-state index >= 15 is 4.39 Å². The molecule has 31 heavy (non-hydrogen) atoms. The Kier molecular flexibility index (Phi) is 8.59. The molecule has 7 nitrogen and oxygen atoms in total. The number of carbonyl (C=O) groups is 3. The summed E-state index contributed by atoms with van der Waals surface area (Å²) in [5.74, 6) is -1.47. The van der Waals surface area contributed by atoms with Gasteiger partial charge in [-0.3, -0.25) is 4.79 Å². The summed E-state index contributed by atoms with van der Waals surface area (Å²) in [7, 11) is 1.28. The van der Waals surface area contributed by atoms with Crippen molar-refractivity contribution in [3.63, 3.8) is 0 Å². The Labute approximate surface area is 182 Å². The first-order chi connectivity index (χ1) is 14.6. The lowest BCUT2D eigenvalue weighted by Crippen LogP contribution is -2.41. The van der Waals surface area contributed by atoms with Gasteiger partial charge in [0, 0.05) is 13.0 Å². The van der Waals surface area contributed by atoms with Crippen molar-refractivity contribution in [2.75, 3.05) is 13.7 Å². The Morgan fingerprint density at radius 3 is 2.55 bits per heavy atom. The summed E-state index contributed by atoms with van der Waals surface area (Å²) >= 11 is 0. The van der Waals surface area contributed by atoms with Crippen LogP contribution in [0.3, 0.4) is 0 Å². The van der Waals surface area contributed by atoms with Crippen LogP contribution in [-0.4, -0.2) is 54.2 Å². The van der Waals surface area contributed by atoms with Crippen molar-refractivity contribution in [1.82, 2.24) is 10.2 Å². The number of ether oxygens (including phenoxy) is 2. The van der Waals surface area contributed by atoms with E-state index in [1.165, 1.54) is 12.0 Å². The SMILES string of the molecule is COC(=O)[C@@H]1CCCN1C(=O)C/C=C(/F)C(Cc1ccccc1)NC(=O)OC(C)(C)C. The molecule has 2 atom stereocenters. The fourth-order valence-corrected chi connectivity index (χ4v) is 3.41. The number of hydrogen-bond acceptors (Lipinski definition) is 5. The van der Waals surface area contributed by atoms with E-state index in [-0.39, 0.29) is 18.7 Å². The van der Waals surface area contributed by atoms with Crippen molar-refractivity contribution in [2.24, 2.45) is 0 Å². The molecular formula is C23H31FN2O5. The minimum absolute atomic E-state index is 0.200. The number of nitrogens with zero attached hydrogens (tertiary/aromatic N) is 1. The van der Waals surface area contributed by atoms with Crippen LogP contribution in [0.2, 0.25) is 0 Å². The number of methoxy groups -OCH3 is 1. The average molecular weight is 435 g/mol. The van der Waals surface area contributed by atoms with Crippen LogP contribution in [0.4, 0.5) is 9.18 Å². The van der Waals surface area contributed by atoms with Crippen LogP contribution >= 0.6 is 0 Å². The number of esters is 1. The zero-order valence-electron chi connectivity index (χ0n) is 18.5. The normalized spacial score (nSPS) is 17.8. The molecule has 1 saturated heterocycles. The number of halogens is 1. The number of rotatable bonds is 7. The average Bonchev–Trinajstić information content (AvgIpc) is 3.20. The second-order valence-corrected chi connectivity index (χ2v) is 8.45. The van der Waals surface area contributed by atoms with Gasteiger partial charge < -0.3 is 19.7 Å². The standard InChI is InChI=1S/C23H31FN2O5/c1-23(2,3)31-22(29)25-18(15-16-9-6-5-7-10-16)17(24)12-13-20(27)26-14-8-11-19(26)21(28)30-4/h5-7,9-10,12,18-19H,8,11,13-15H2,1-4H3,(H,25,29)/b17-12+/t18?,19-/m0/s1. The minimum Gasteiger partial charge on any atom is -0.467 e. The van der Waals surface area contributed by atoms with Gasteiger partial charge in [0.2, 0.25) is 5.91 Å². The first kappa shape index (κ1) is 24.4. The summed E-state index contributed by atoms with van der Waals surface area (Å²) in [5.41, 5.74) is 0.0969. The third-order valence-corrected chi connectivity index (χ3v) is 4.82. The van der Waals surface area contributed by atoms with Crippen LogP contribution in [0.1, 0.15) is 45.6 Å². The summed E-state index contributed by atoms with van der Waals surface area (Å²) in [6, 6.07) is 7.53. The van der Waals surface area contributed by atoms with E-state index in [1.807, 2.05) is 30.3 Å². The number of benzene rings is 1. The first-order valence-electron chi connectivity index (χ1n) is 10.4. The molecule has 0 bridgehead atoms. The number of hydrogen-bond donors (Lipinski definition) is 1. The Morgan fingerprint density at radius 2 is 1.94 bits per heavy atom. The molecular weight excluding hydrogens is 403 g/mol. The monoisotopic (exact) mass is 434 g/mol. The molecule has 2 rings (SSSR count). The first-order valence-corrected chi connectivity index (χ1v) is 10.4. The van der Waals surface area contributed by atoms with Crippen molar-refractivity contribution < 1.29 is 28.2 Å². The Bertz CT molecular complexity index is 804. The molecule has 0 aromatic heterocycles. The smallest absolute Gasteiger partial charge is 0.408 e. The van der Waals surface area contributed by atoms with Gasteiger partial charge in [0.1, 0.15) is 17.5 Å². The van der Waals surface area contributed by atoms with E-state index in [9.17, 15) is 14.4 Å². The van der Waals surface area contributed by atoms with Crippen molar-refractivity contribution in [2.45, 2.75) is 64.1 Å². The van der Waals surface area contributed by atoms with Crippen LogP contribution in [0.15, 0.2) is 42.2 Å². The quantitative estimate of drug-likeness (QED) is 0.664. The van der Waals surface area contributed by atoms with Gasteiger partial charge >= 0.3 is 12.1 Å². The summed E-state index contributed by atoms with van der Waals surface area (Å²) in [4.78, 5) is 38.0. The van der Waals surface area contributed by atoms with Crippen LogP contribution in [0.5, 0.6) is 0 Å². The number of alkyl carbamates (subject to hydrolysis) is 1. The van der Waals surface area contributed by atoms with Gasteiger partial charge in [0.25, 0.3) is 0 Å². The van der Waals surface area contributed by atoms with Gasteiger partial charge in [-0.2, -0.15) is 0 Å². The second kappa shape index (κ2) is 10.9. The van der Waals surface area contributed by atoms with Gasteiger partial charge in [-0.25, -0.2) is 14.0 Å². The van der Waals surface area contributed by atoms with E-state index in [0.717, 1.165) is 11.6 Å². The third kappa shape index (κ3) is 7.70. The molecule has 1 aromatic rings. The van der Waals surface area contributed by atoms with Gasteiger partial charge in [-0.1, -0.05) is 30.3 Å². The second-order valence-electron chi connectivity index (χ2n) is 8.45. The van der Waals surface area contributed by atoms with Gasteiger partial charge in [-0.15, -0.1) is 0 Å². The van der Waals surface area contributed by atoms with Gasteiger partial charge in [0.05, 0.1) is 13.2 Å². The molecule has 1 N–H and O–H groups in total. The molecule has 1 aliphatic heterocycles. The summed E-state index contributed by atoms with van der Waals surface area (Å²) in [6.45, 7) is 5.59. The Morgan fingerprint density at radius 1 is 1.26 bits per heavy atom. The Balaban J connectivity index is 2.10. The highest BCUT2D eigenvalue weighted by molar-refractivity contribution is 5.85. The predicted molar refractivity (Wildman–Crippen MR) is 114 cm³/mol. The molecule has 1 fully saturated rings. The highest BCUT2D eigenvalue weighted by atomic mass is 19.1. The maximum Gasteiger partial charge on any atom is 0.408 e. The molecule has 1 aromatic carbocycles. The van der Waals surface area contributed by atoms with Crippen molar-refractivity contribution in [3.8, 4) is 0 Å². The fraction of sp³-hybridized carbons (Fsp3) is 0.522. The van der Waals surface area contributed by atoms with E-state index in [0.29, 0.717) is 19.4 Å². The van der Waals surface area contributed by atoms with E-state index in [4.69, 9.17) is 9.47 Å². The summed E-state index contributed by atoms with van der Waals surface area (Å²) < 4.78 is 25.0. The summed E-state index contributed by atoms with van der Waals surface area (Å²) in [6.07, 6.45) is 1.61. The largest absolute Gasteiger partial charge is 0.467 e. The number of likely N-dealkylation sites (tertiary alicyclic amines) is 1. The maximum atomic E-state index is 15.0. The molecule has 1 aliphatic rings. The van der Waals surface area contributed by atoms with Crippen LogP contribution in [-0.2, 0) is 25.5 Å². The molecule has 170 valence electrons. The highest BCUT2D eigenvalue weighted by Crippen LogP contribution is 2.21. The molecule has 1 unspecified atom stereocenters. The van der Waals surface area contributed by atoms with Crippen LogP contribution in [0, 0.1) is 0 Å². The molecule has 8 heteroatoms. The highest BCUT2D eigenvalue weighted by Gasteiger charge is 2.34. The van der Waals surface area contributed by atoms with Crippen LogP contribution < -0.4 is 5.32 Å². The molecule has 0 saturated carbocycles. The summed E-state index contributed by atoms with van der Waals surface area (Å²) in [5, 5.41) is 2.55. The van der Waals surface area contributed by atoms with Crippen molar-refractivity contribution in [1.29, 1.82) is 0 Å². The predicted octanol–water partition coefficient (Wildman–Crippen LogP) is 3.53. The lowest BCUT2D eigenvalue weighted by Gasteiger charge is -2.24. The zero-order chi connectivity index (χ0) is 23.0. The van der Waals surface area contributed by atoms with E-state index < -0.39 is 35.6 Å². The lowest BCUT2D eigenvalue weighted by atomic mass is 10.0. The number of amides is 2. The van der Waals surface area contributed by atoms with Crippen LogP contribution in [0.25, 0.3) is 0 Å². The molecule has 2 amide bonds. The fourth-order valence-electron chi connectivity index (χ4n) is 3.41. The maximum absolute atomic E-state index is 15.0. The number of nitrogens with one attached hydrogen (secondary N) is 1. The molecule has 1 heterocycles. The number of carbonyl (C=O) groups excluding carboxylic acids is 3. The minimum atomic E-state index is -0.986. The van der Waals surface area contributed by atoms with Gasteiger partial charge in [-0.05, 0) is 51.7 Å². The van der Waals surface area contributed by atoms with E-state index in [2.05, 4.69) is 5.32 Å². The topological polar surface area (TPSA) is 84.9 Å². The Hall–Kier alpha value is -2.90. The molecule has 0 aliphatic carbocycles. The van der Waals surface area contributed by atoms with Gasteiger partial charge in [0.15, 0.2) is 0 Å². The molecule has 0 radical (unpaired) electrons. The zero-order valence-corrected chi connectivity index (χ0v) is 18.5.